The van der Waals surface area contributed by atoms with Gasteiger partial charge in [-0.15, -0.1) is 0 Å². The number of hydrogen-bond donors (Lipinski definition) is 2. The van der Waals surface area contributed by atoms with Crippen molar-refractivity contribution < 1.29 is 19.7 Å². The van der Waals surface area contributed by atoms with Crippen molar-refractivity contribution in [3.8, 4) is 22.6 Å². The van der Waals surface area contributed by atoms with Gasteiger partial charge in [0.25, 0.3) is 0 Å². The summed E-state index contributed by atoms with van der Waals surface area (Å²) in [5.74, 6) is 0.758. The maximum atomic E-state index is 11.2. The zero-order chi connectivity index (χ0) is 18.4. The SMILES string of the molecule is C=C1Oc2cc(-c3cccc(C(=O)O)c3)cc(O)c2[C@@H]2C=C(C)CC[C@@H]12. The Morgan fingerprint density at radius 3 is 2.81 bits per heavy atom. The Kier molecular flexibility index (Phi) is 3.83. The van der Waals surface area contributed by atoms with Crippen LogP contribution in [-0.4, -0.2) is 16.2 Å². The Morgan fingerprint density at radius 2 is 2.04 bits per heavy atom. The molecule has 1 aliphatic carbocycles. The first-order chi connectivity index (χ1) is 12.4. The van der Waals surface area contributed by atoms with E-state index in [4.69, 9.17) is 4.74 Å². The summed E-state index contributed by atoms with van der Waals surface area (Å²) in [7, 11) is 0. The number of carboxylic acid groups (broad SMARTS) is 1. The summed E-state index contributed by atoms with van der Waals surface area (Å²) >= 11 is 0. The van der Waals surface area contributed by atoms with E-state index >= 15 is 0 Å². The van der Waals surface area contributed by atoms with Gasteiger partial charge in [-0.05, 0) is 55.2 Å². The number of carboxylic acids is 1. The minimum atomic E-state index is -0.982. The molecule has 0 radical (unpaired) electrons. The average molecular weight is 348 g/mol. The zero-order valence-electron chi connectivity index (χ0n) is 14.5. The minimum Gasteiger partial charge on any atom is -0.507 e. The lowest BCUT2D eigenvalue weighted by Crippen LogP contribution is -2.25. The molecule has 0 bridgehead atoms. The Hall–Kier alpha value is -3.01. The highest BCUT2D eigenvalue weighted by atomic mass is 16.5. The third-order valence-corrected chi connectivity index (χ3v) is 5.30. The van der Waals surface area contributed by atoms with E-state index in [1.54, 1.807) is 24.3 Å². The van der Waals surface area contributed by atoms with E-state index in [0.29, 0.717) is 11.3 Å². The van der Waals surface area contributed by atoms with Crippen molar-refractivity contribution >= 4 is 5.97 Å². The third-order valence-electron chi connectivity index (χ3n) is 5.30. The number of aromatic carboxylic acids is 1. The Labute approximate surface area is 152 Å². The standard InChI is InChI=1S/C22H20O4/c1-12-6-7-17-13(2)26-20-11-16(10-19(23)21(20)18(17)8-12)14-4-3-5-15(9-14)22(24)25/h3-5,8-11,17-18,23H,2,6-7H2,1H3,(H,24,25)/t17-,18+/m0/s1. The van der Waals surface area contributed by atoms with Crippen molar-refractivity contribution in [2.75, 3.05) is 0 Å². The van der Waals surface area contributed by atoms with Crippen LogP contribution in [0.15, 0.2) is 60.4 Å². The topological polar surface area (TPSA) is 66.8 Å². The number of hydrogen-bond acceptors (Lipinski definition) is 3. The molecule has 2 aromatic carbocycles. The average Bonchev–Trinajstić information content (AvgIpc) is 2.61. The van der Waals surface area contributed by atoms with Crippen LogP contribution >= 0.6 is 0 Å². The number of ether oxygens (including phenoxy) is 1. The molecule has 2 atom stereocenters. The van der Waals surface area contributed by atoms with Crippen LogP contribution in [0.3, 0.4) is 0 Å². The van der Waals surface area contributed by atoms with Crippen molar-refractivity contribution in [2.24, 2.45) is 5.92 Å². The lowest BCUT2D eigenvalue weighted by atomic mass is 9.74. The van der Waals surface area contributed by atoms with Crippen LogP contribution in [0.2, 0.25) is 0 Å². The van der Waals surface area contributed by atoms with Gasteiger partial charge in [0.1, 0.15) is 17.3 Å². The summed E-state index contributed by atoms with van der Waals surface area (Å²) in [4.78, 5) is 11.2. The molecule has 0 amide bonds. The molecule has 0 unspecified atom stereocenters. The fourth-order valence-corrected chi connectivity index (χ4v) is 3.96. The van der Waals surface area contributed by atoms with Gasteiger partial charge in [0.15, 0.2) is 0 Å². The van der Waals surface area contributed by atoms with Crippen LogP contribution in [0.4, 0.5) is 0 Å². The van der Waals surface area contributed by atoms with Gasteiger partial charge >= 0.3 is 5.97 Å². The minimum absolute atomic E-state index is 0.0689. The summed E-state index contributed by atoms with van der Waals surface area (Å²) in [6.45, 7) is 6.19. The van der Waals surface area contributed by atoms with Gasteiger partial charge in [-0.25, -0.2) is 4.79 Å². The highest BCUT2D eigenvalue weighted by molar-refractivity contribution is 5.89. The molecule has 0 aromatic heterocycles. The summed E-state index contributed by atoms with van der Waals surface area (Å²) in [6.07, 6.45) is 4.18. The van der Waals surface area contributed by atoms with E-state index < -0.39 is 5.97 Å². The van der Waals surface area contributed by atoms with Crippen LogP contribution in [0, 0.1) is 5.92 Å². The number of carbonyl (C=O) groups is 1. The van der Waals surface area contributed by atoms with Gasteiger partial charge in [-0.3, -0.25) is 0 Å². The molecule has 26 heavy (non-hydrogen) atoms. The first kappa shape index (κ1) is 16.5. The molecule has 2 N–H and O–H groups in total. The first-order valence-corrected chi connectivity index (χ1v) is 8.68. The monoisotopic (exact) mass is 348 g/mol. The highest BCUT2D eigenvalue weighted by Crippen LogP contribution is 2.51. The van der Waals surface area contributed by atoms with Gasteiger partial charge in [0.05, 0.1) is 5.56 Å². The number of aromatic hydroxyl groups is 1. The quantitative estimate of drug-likeness (QED) is 0.741. The highest BCUT2D eigenvalue weighted by Gasteiger charge is 2.36. The lowest BCUT2D eigenvalue weighted by Gasteiger charge is -2.37. The molecule has 2 aliphatic rings. The van der Waals surface area contributed by atoms with E-state index in [2.05, 4.69) is 19.6 Å². The maximum Gasteiger partial charge on any atom is 0.335 e. The molecule has 4 nitrogen and oxygen atoms in total. The normalized spacial score (nSPS) is 21.3. The van der Waals surface area contributed by atoms with Crippen molar-refractivity contribution in [1.29, 1.82) is 0 Å². The van der Waals surface area contributed by atoms with Crippen molar-refractivity contribution in [3.63, 3.8) is 0 Å². The molecule has 132 valence electrons. The van der Waals surface area contributed by atoms with Crippen molar-refractivity contribution in [2.45, 2.75) is 25.7 Å². The molecule has 2 aromatic rings. The van der Waals surface area contributed by atoms with Crippen LogP contribution < -0.4 is 4.74 Å². The number of phenols is 1. The molecule has 0 fully saturated rings. The Morgan fingerprint density at radius 1 is 1.23 bits per heavy atom. The largest absolute Gasteiger partial charge is 0.507 e. The fourth-order valence-electron chi connectivity index (χ4n) is 3.96. The summed E-state index contributed by atoms with van der Waals surface area (Å²) < 4.78 is 5.96. The maximum absolute atomic E-state index is 11.2. The van der Waals surface area contributed by atoms with Crippen LogP contribution in [0.5, 0.6) is 11.5 Å². The predicted octanol–water partition coefficient (Wildman–Crippen LogP) is 5.10. The number of benzene rings is 2. The summed E-state index contributed by atoms with van der Waals surface area (Å²) in [5.41, 5.74) is 3.74. The second-order valence-corrected chi connectivity index (χ2v) is 7.05. The molecule has 0 saturated heterocycles. The van der Waals surface area contributed by atoms with Gasteiger partial charge in [0, 0.05) is 17.4 Å². The second-order valence-electron chi connectivity index (χ2n) is 7.05. The van der Waals surface area contributed by atoms with Gasteiger partial charge in [-0.1, -0.05) is 30.4 Å². The van der Waals surface area contributed by atoms with Gasteiger partial charge in [0.2, 0.25) is 0 Å². The van der Waals surface area contributed by atoms with Gasteiger partial charge < -0.3 is 14.9 Å². The van der Waals surface area contributed by atoms with E-state index in [1.807, 2.05) is 12.1 Å². The van der Waals surface area contributed by atoms with E-state index in [0.717, 1.165) is 29.7 Å². The predicted molar refractivity (Wildman–Crippen MR) is 99.5 cm³/mol. The summed E-state index contributed by atoms with van der Waals surface area (Å²) in [6, 6.07) is 10.2. The van der Waals surface area contributed by atoms with Crippen LogP contribution in [0.1, 0.15) is 41.6 Å². The summed E-state index contributed by atoms with van der Waals surface area (Å²) in [5, 5.41) is 19.9. The number of allylic oxidation sites excluding steroid dienone is 3. The zero-order valence-corrected chi connectivity index (χ0v) is 14.5. The Balaban J connectivity index is 1.83. The molecule has 4 rings (SSSR count). The first-order valence-electron chi connectivity index (χ1n) is 8.68. The van der Waals surface area contributed by atoms with Crippen LogP contribution in [-0.2, 0) is 0 Å². The van der Waals surface area contributed by atoms with E-state index in [-0.39, 0.29) is 23.1 Å². The lowest BCUT2D eigenvalue weighted by molar-refractivity contribution is 0.0697. The number of fused-ring (bicyclic) bond motifs is 3. The third kappa shape index (κ3) is 2.68. The fraction of sp³-hybridized carbons (Fsp3) is 0.227. The number of rotatable bonds is 2. The Bertz CT molecular complexity index is 955. The molecular weight excluding hydrogens is 328 g/mol. The molecule has 0 spiro atoms. The van der Waals surface area contributed by atoms with Gasteiger partial charge in [-0.2, -0.15) is 0 Å². The molecule has 4 heteroatoms. The van der Waals surface area contributed by atoms with E-state index in [9.17, 15) is 15.0 Å². The van der Waals surface area contributed by atoms with Crippen LogP contribution in [0.25, 0.3) is 11.1 Å². The second kappa shape index (κ2) is 6.06. The molecule has 0 saturated carbocycles. The molecule has 1 aliphatic heterocycles. The molecular formula is C22H20O4. The smallest absolute Gasteiger partial charge is 0.335 e. The molecule has 1 heterocycles. The number of phenolic OH excluding ortho intramolecular Hbond substituents is 1. The van der Waals surface area contributed by atoms with Crippen molar-refractivity contribution in [3.05, 3.63) is 71.5 Å². The van der Waals surface area contributed by atoms with E-state index in [1.165, 1.54) is 5.57 Å². The van der Waals surface area contributed by atoms with Crippen molar-refractivity contribution in [1.82, 2.24) is 0 Å².